The number of nitrogens with zero attached hydrogens (tertiary/aromatic N) is 4. The zero-order valence-electron chi connectivity index (χ0n) is 12.7. The van der Waals surface area contributed by atoms with Crippen LogP contribution in [0.2, 0.25) is 0 Å². The second-order valence-corrected chi connectivity index (χ2v) is 5.82. The Balaban J connectivity index is 2.29. The Kier molecular flexibility index (Phi) is 4.30. The molecule has 0 fully saturated rings. The number of aromatic nitrogens is 4. The lowest BCUT2D eigenvalue weighted by molar-refractivity contribution is -0.103. The van der Waals surface area contributed by atoms with Crippen LogP contribution in [0.3, 0.4) is 0 Å². The topological polar surface area (TPSA) is 60.7 Å². The van der Waals surface area contributed by atoms with E-state index in [1.807, 2.05) is 20.8 Å². The molecule has 0 radical (unpaired) electrons. The van der Waals surface area contributed by atoms with Gasteiger partial charge in [-0.05, 0) is 49.8 Å². The van der Waals surface area contributed by atoms with Crippen LogP contribution in [0.4, 0.5) is 4.39 Å². The van der Waals surface area contributed by atoms with E-state index in [2.05, 4.69) is 22.0 Å². The van der Waals surface area contributed by atoms with Gasteiger partial charge in [0.15, 0.2) is 6.29 Å². The number of rotatable bonds is 4. The first-order chi connectivity index (χ1) is 10.3. The summed E-state index contributed by atoms with van der Waals surface area (Å²) in [5.74, 6) is -0.0148. The van der Waals surface area contributed by atoms with Crippen molar-refractivity contribution in [2.75, 3.05) is 0 Å². The van der Waals surface area contributed by atoms with Crippen molar-refractivity contribution in [2.45, 2.75) is 26.3 Å². The highest BCUT2D eigenvalue weighted by Crippen LogP contribution is 2.19. The summed E-state index contributed by atoms with van der Waals surface area (Å²) >= 11 is 0. The maximum absolute atomic E-state index is 12.9. The summed E-state index contributed by atoms with van der Waals surface area (Å²) in [4.78, 5) is 12.7. The molecular weight excluding hydrogens is 283 g/mol. The number of carbonyl (C=O) groups excluding carboxylic acids is 1. The molecule has 0 saturated heterocycles. The Bertz CT molecular complexity index is 723. The quantitative estimate of drug-likeness (QED) is 0.495. The van der Waals surface area contributed by atoms with Crippen LogP contribution < -0.4 is 0 Å². The highest BCUT2D eigenvalue weighted by Gasteiger charge is 2.17. The smallest absolute Gasteiger partial charge is 0.204 e. The third-order valence-electron chi connectivity index (χ3n) is 2.94. The van der Waals surface area contributed by atoms with Crippen LogP contribution >= 0.6 is 0 Å². The molecule has 1 aromatic carbocycles. The van der Waals surface area contributed by atoms with E-state index < -0.39 is 0 Å². The molecule has 1 aromatic heterocycles. The molecule has 0 N–H and O–H groups in total. The summed E-state index contributed by atoms with van der Waals surface area (Å²) in [7, 11) is 0. The molecule has 5 nitrogen and oxygen atoms in total. The summed E-state index contributed by atoms with van der Waals surface area (Å²) in [6, 6.07) is 5.65. The minimum atomic E-state index is -0.359. The Hall–Kier alpha value is -2.63. The van der Waals surface area contributed by atoms with Crippen molar-refractivity contribution in [3.05, 3.63) is 54.1 Å². The first kappa shape index (κ1) is 15.8. The van der Waals surface area contributed by atoms with Crippen LogP contribution in [0.1, 0.15) is 32.2 Å². The first-order valence-electron chi connectivity index (χ1n) is 6.74. The fourth-order valence-corrected chi connectivity index (χ4v) is 1.71. The van der Waals surface area contributed by atoms with Gasteiger partial charge in [-0.25, -0.2) is 4.39 Å². The molecule has 2 aromatic rings. The van der Waals surface area contributed by atoms with Gasteiger partial charge in [0.25, 0.3) is 0 Å². The van der Waals surface area contributed by atoms with Gasteiger partial charge in [0, 0.05) is 11.1 Å². The van der Waals surface area contributed by atoms with E-state index in [9.17, 15) is 9.18 Å². The lowest BCUT2D eigenvalue weighted by Crippen LogP contribution is -2.24. The van der Waals surface area contributed by atoms with Gasteiger partial charge in [-0.3, -0.25) is 4.79 Å². The standard InChI is InChI=1S/C16H17FN4O/c1-11(15-18-20-21(19-15)16(2,3)4)9-13(10-22)12-5-7-14(17)8-6-12/h5-10H,1H2,2-4H3. The van der Waals surface area contributed by atoms with E-state index in [0.717, 1.165) is 0 Å². The van der Waals surface area contributed by atoms with Crippen LogP contribution in [0.5, 0.6) is 0 Å². The summed E-state index contributed by atoms with van der Waals surface area (Å²) in [6.45, 7) is 9.72. The fraction of sp³-hybridized carbons (Fsp3) is 0.250. The van der Waals surface area contributed by atoms with Crippen LogP contribution in [-0.2, 0) is 10.3 Å². The molecule has 2 rings (SSSR count). The molecule has 0 atom stereocenters. The lowest BCUT2D eigenvalue weighted by Gasteiger charge is -2.15. The number of hydrogen-bond donors (Lipinski definition) is 0. The van der Waals surface area contributed by atoms with Gasteiger partial charge in [-0.15, -0.1) is 10.2 Å². The van der Waals surface area contributed by atoms with Gasteiger partial charge < -0.3 is 0 Å². The van der Waals surface area contributed by atoms with Gasteiger partial charge in [0.05, 0.1) is 5.54 Å². The third kappa shape index (κ3) is 3.52. The fourth-order valence-electron chi connectivity index (χ4n) is 1.71. The number of halogens is 1. The van der Waals surface area contributed by atoms with Crippen molar-refractivity contribution in [1.29, 1.82) is 0 Å². The van der Waals surface area contributed by atoms with Crippen LogP contribution in [0.25, 0.3) is 11.1 Å². The summed E-state index contributed by atoms with van der Waals surface area (Å²) in [5, 5.41) is 12.2. The van der Waals surface area contributed by atoms with Crippen LogP contribution in [0, 0.1) is 5.82 Å². The van der Waals surface area contributed by atoms with Crippen molar-refractivity contribution in [1.82, 2.24) is 20.2 Å². The predicted molar refractivity (Wildman–Crippen MR) is 82.3 cm³/mol. The van der Waals surface area contributed by atoms with Crippen LogP contribution in [0.15, 0.2) is 36.9 Å². The molecule has 0 amide bonds. The number of hydrogen-bond acceptors (Lipinski definition) is 4. The average Bonchev–Trinajstić information content (AvgIpc) is 2.95. The van der Waals surface area contributed by atoms with Gasteiger partial charge in [0.1, 0.15) is 5.82 Å². The minimum Gasteiger partial charge on any atom is -0.298 e. The average molecular weight is 300 g/mol. The monoisotopic (exact) mass is 300 g/mol. The maximum atomic E-state index is 12.9. The molecule has 0 bridgehead atoms. The van der Waals surface area contributed by atoms with E-state index in [4.69, 9.17) is 0 Å². The second kappa shape index (κ2) is 6.01. The third-order valence-corrected chi connectivity index (χ3v) is 2.94. The largest absolute Gasteiger partial charge is 0.298 e. The summed E-state index contributed by atoms with van der Waals surface area (Å²) < 4.78 is 12.9. The summed E-state index contributed by atoms with van der Waals surface area (Å²) in [6.07, 6.45) is 2.25. The summed E-state index contributed by atoms with van der Waals surface area (Å²) in [5.41, 5.74) is 1.14. The van der Waals surface area contributed by atoms with Crippen molar-refractivity contribution < 1.29 is 9.18 Å². The van der Waals surface area contributed by atoms with Crippen molar-refractivity contribution in [2.24, 2.45) is 0 Å². The molecule has 0 unspecified atom stereocenters. The molecular formula is C16H17FN4O. The maximum Gasteiger partial charge on any atom is 0.204 e. The first-order valence-corrected chi connectivity index (χ1v) is 6.74. The lowest BCUT2D eigenvalue weighted by atomic mass is 10.0. The predicted octanol–water partition coefficient (Wildman–Crippen LogP) is 2.86. The molecule has 0 aliphatic heterocycles. The highest BCUT2D eigenvalue weighted by atomic mass is 19.1. The zero-order valence-corrected chi connectivity index (χ0v) is 12.7. The number of aldehydes is 1. The number of allylic oxidation sites excluding steroid dienone is 3. The SMILES string of the molecule is C=C(C=C(C=O)c1ccc(F)cc1)c1nnn(C(C)(C)C)n1. The Morgan fingerprint density at radius 2 is 1.91 bits per heavy atom. The van der Waals surface area contributed by atoms with Gasteiger partial charge in [-0.1, -0.05) is 18.7 Å². The van der Waals surface area contributed by atoms with Crippen molar-refractivity contribution in [3.8, 4) is 0 Å². The van der Waals surface area contributed by atoms with E-state index in [0.29, 0.717) is 28.8 Å². The van der Waals surface area contributed by atoms with E-state index in [1.165, 1.54) is 29.1 Å². The number of carbonyl (C=O) groups is 1. The molecule has 0 aliphatic rings. The normalized spacial score (nSPS) is 12.3. The van der Waals surface area contributed by atoms with E-state index in [-0.39, 0.29) is 11.4 Å². The van der Waals surface area contributed by atoms with E-state index >= 15 is 0 Å². The van der Waals surface area contributed by atoms with E-state index in [1.54, 1.807) is 6.08 Å². The van der Waals surface area contributed by atoms with Gasteiger partial charge >= 0.3 is 0 Å². The molecule has 0 spiro atoms. The van der Waals surface area contributed by atoms with Crippen molar-refractivity contribution in [3.63, 3.8) is 0 Å². The zero-order chi connectivity index (χ0) is 16.3. The molecule has 6 heteroatoms. The number of benzene rings is 1. The molecule has 114 valence electrons. The minimum absolute atomic E-state index is 0.292. The highest BCUT2D eigenvalue weighted by molar-refractivity contribution is 6.09. The molecule has 0 saturated carbocycles. The number of tetrazole rings is 1. The van der Waals surface area contributed by atoms with Gasteiger partial charge in [0.2, 0.25) is 5.82 Å². The van der Waals surface area contributed by atoms with Crippen molar-refractivity contribution >= 4 is 17.4 Å². The molecule has 1 heterocycles. The van der Waals surface area contributed by atoms with Crippen LogP contribution in [-0.4, -0.2) is 26.5 Å². The molecule has 22 heavy (non-hydrogen) atoms. The Morgan fingerprint density at radius 3 is 2.41 bits per heavy atom. The Labute approximate surface area is 128 Å². The Morgan fingerprint density at radius 1 is 1.27 bits per heavy atom. The van der Waals surface area contributed by atoms with Gasteiger partial charge in [-0.2, -0.15) is 4.80 Å². The molecule has 0 aliphatic carbocycles. The second-order valence-electron chi connectivity index (χ2n) is 5.82.